The third-order valence-corrected chi connectivity index (χ3v) is 8.31. The van der Waals surface area contributed by atoms with E-state index in [0.29, 0.717) is 5.76 Å². The van der Waals surface area contributed by atoms with Crippen molar-refractivity contribution in [3.8, 4) is 0 Å². The number of carbonyl (C=O) groups is 1. The molecule has 26 heavy (non-hydrogen) atoms. The van der Waals surface area contributed by atoms with E-state index >= 15 is 0 Å². The number of halogens is 1. The molecule has 1 saturated heterocycles. The average molecular weight is 401 g/mol. The fourth-order valence-corrected chi connectivity index (χ4v) is 7.11. The molecular weight excluding hydrogens is 385 g/mol. The average Bonchev–Trinajstić information content (AvgIpc) is 3.22. The van der Waals surface area contributed by atoms with Crippen LogP contribution in [0.1, 0.15) is 22.5 Å². The van der Waals surface area contributed by atoms with E-state index in [9.17, 15) is 26.0 Å². The van der Waals surface area contributed by atoms with E-state index in [0.717, 1.165) is 18.2 Å². The van der Waals surface area contributed by atoms with Crippen molar-refractivity contribution in [3.63, 3.8) is 0 Å². The highest BCUT2D eigenvalue weighted by atomic mass is 32.2. The molecule has 2 heterocycles. The molecule has 1 aliphatic heterocycles. The van der Waals surface area contributed by atoms with Gasteiger partial charge in [0, 0.05) is 0 Å². The second kappa shape index (κ2) is 6.84. The van der Waals surface area contributed by atoms with Crippen LogP contribution in [0.15, 0.2) is 45.9 Å². The first-order valence-electron chi connectivity index (χ1n) is 7.73. The van der Waals surface area contributed by atoms with E-state index in [2.05, 4.69) is 5.32 Å². The van der Waals surface area contributed by atoms with Crippen LogP contribution in [0.25, 0.3) is 0 Å². The molecular formula is C16H16FNO6S2. The van der Waals surface area contributed by atoms with Crippen LogP contribution in [-0.4, -0.2) is 39.5 Å². The molecule has 1 aliphatic rings. The molecule has 2 aromatic rings. The van der Waals surface area contributed by atoms with E-state index < -0.39 is 48.0 Å². The molecule has 1 amide bonds. The maximum Gasteiger partial charge on any atom is 0.254 e. The fraction of sp³-hybridized carbons (Fsp3) is 0.312. The molecule has 1 atom stereocenters. The Morgan fingerprint density at radius 1 is 1.31 bits per heavy atom. The summed E-state index contributed by atoms with van der Waals surface area (Å²) in [5, 5.41) is 1.35. The Hall–Kier alpha value is -2.20. The molecule has 7 nitrogen and oxygen atoms in total. The highest BCUT2D eigenvalue weighted by Crippen LogP contribution is 2.26. The number of benzene rings is 1. The first kappa shape index (κ1) is 18.6. The van der Waals surface area contributed by atoms with Crippen LogP contribution in [0, 0.1) is 5.82 Å². The molecule has 10 heteroatoms. The Bertz CT molecular complexity index is 1030. The zero-order valence-electron chi connectivity index (χ0n) is 13.5. The van der Waals surface area contributed by atoms with Crippen molar-refractivity contribution in [2.75, 3.05) is 11.5 Å². The lowest BCUT2D eigenvalue weighted by Crippen LogP contribution is -2.26. The van der Waals surface area contributed by atoms with E-state index in [4.69, 9.17) is 4.42 Å². The van der Waals surface area contributed by atoms with Crippen molar-refractivity contribution >= 4 is 25.6 Å². The van der Waals surface area contributed by atoms with Gasteiger partial charge in [-0.2, -0.15) is 0 Å². The summed E-state index contributed by atoms with van der Waals surface area (Å²) < 4.78 is 67.4. The van der Waals surface area contributed by atoms with Crippen molar-refractivity contribution in [1.29, 1.82) is 0 Å². The number of sulfone groups is 2. The Kier molecular flexibility index (Phi) is 4.89. The van der Waals surface area contributed by atoms with Crippen LogP contribution < -0.4 is 5.32 Å². The highest BCUT2D eigenvalue weighted by molar-refractivity contribution is 7.96. The zero-order valence-corrected chi connectivity index (χ0v) is 15.1. The van der Waals surface area contributed by atoms with Gasteiger partial charge >= 0.3 is 0 Å². The molecule has 0 radical (unpaired) electrons. The molecule has 0 saturated carbocycles. The Balaban J connectivity index is 1.84. The van der Waals surface area contributed by atoms with Gasteiger partial charge in [0.1, 0.15) is 11.6 Å². The summed E-state index contributed by atoms with van der Waals surface area (Å²) in [6.07, 6.45) is 1.41. The summed E-state index contributed by atoms with van der Waals surface area (Å²) >= 11 is 0. The fourth-order valence-electron chi connectivity index (χ4n) is 2.73. The summed E-state index contributed by atoms with van der Waals surface area (Å²) in [6, 6.07) is 6.12. The minimum absolute atomic E-state index is 0.0118. The molecule has 140 valence electrons. The second-order valence-corrected chi connectivity index (χ2v) is 10.4. The van der Waals surface area contributed by atoms with Crippen molar-refractivity contribution in [2.24, 2.45) is 0 Å². The van der Waals surface area contributed by atoms with Crippen LogP contribution in [0.3, 0.4) is 0 Å². The van der Waals surface area contributed by atoms with Gasteiger partial charge in [-0.3, -0.25) is 4.79 Å². The zero-order chi connectivity index (χ0) is 18.9. The predicted octanol–water partition coefficient (Wildman–Crippen LogP) is 1.31. The number of nitrogens with one attached hydrogen (secondary N) is 1. The van der Waals surface area contributed by atoms with Gasteiger partial charge in [0.2, 0.25) is 0 Å². The number of amides is 1. The number of furan rings is 1. The van der Waals surface area contributed by atoms with Gasteiger partial charge < -0.3 is 9.73 Å². The van der Waals surface area contributed by atoms with Gasteiger partial charge in [0.15, 0.2) is 19.7 Å². The molecule has 1 unspecified atom stereocenters. The third-order valence-electron chi connectivity index (χ3n) is 4.14. The maximum absolute atomic E-state index is 14.0. The molecule has 0 spiro atoms. The van der Waals surface area contributed by atoms with Crippen LogP contribution >= 0.6 is 0 Å². The lowest BCUT2D eigenvalue weighted by Gasteiger charge is -2.12. The first-order chi connectivity index (χ1) is 12.2. The molecule has 1 N–H and O–H groups in total. The number of hydrogen-bond acceptors (Lipinski definition) is 6. The van der Waals surface area contributed by atoms with E-state index in [1.807, 2.05) is 0 Å². The summed E-state index contributed by atoms with van der Waals surface area (Å²) in [6.45, 7) is 0.0170. The molecule has 1 aromatic heterocycles. The molecule has 3 rings (SSSR count). The Morgan fingerprint density at radius 3 is 2.69 bits per heavy atom. The molecule has 0 aliphatic carbocycles. The topological polar surface area (TPSA) is 111 Å². The van der Waals surface area contributed by atoms with Crippen molar-refractivity contribution in [2.45, 2.75) is 23.1 Å². The van der Waals surface area contributed by atoms with Crippen molar-refractivity contribution in [3.05, 3.63) is 53.7 Å². The summed E-state index contributed by atoms with van der Waals surface area (Å²) in [5.41, 5.74) is -0.432. The van der Waals surface area contributed by atoms with Crippen molar-refractivity contribution in [1.82, 2.24) is 5.32 Å². The van der Waals surface area contributed by atoms with Crippen LogP contribution in [0.2, 0.25) is 0 Å². The lowest BCUT2D eigenvalue weighted by molar-refractivity contribution is 0.0943. The summed E-state index contributed by atoms with van der Waals surface area (Å²) in [5.74, 6) is -1.88. The Labute approximate surface area is 150 Å². The van der Waals surface area contributed by atoms with E-state index in [1.54, 1.807) is 12.1 Å². The van der Waals surface area contributed by atoms with Crippen LogP contribution in [-0.2, 0) is 26.2 Å². The number of carbonyl (C=O) groups excluding carboxylic acids is 1. The van der Waals surface area contributed by atoms with Gasteiger partial charge in [-0.15, -0.1) is 0 Å². The predicted molar refractivity (Wildman–Crippen MR) is 90.5 cm³/mol. The van der Waals surface area contributed by atoms with Crippen molar-refractivity contribution < 1.29 is 30.4 Å². The lowest BCUT2D eigenvalue weighted by atomic mass is 10.2. The summed E-state index contributed by atoms with van der Waals surface area (Å²) in [7, 11) is -7.38. The smallest absolute Gasteiger partial charge is 0.254 e. The number of rotatable bonds is 5. The monoisotopic (exact) mass is 401 g/mol. The highest BCUT2D eigenvalue weighted by Gasteiger charge is 2.38. The molecule has 1 aromatic carbocycles. The first-order valence-corrected chi connectivity index (χ1v) is 11.1. The van der Waals surface area contributed by atoms with Crippen LogP contribution in [0.5, 0.6) is 0 Å². The van der Waals surface area contributed by atoms with Gasteiger partial charge in [0.05, 0.1) is 40.0 Å². The van der Waals surface area contributed by atoms with Gasteiger partial charge in [-0.25, -0.2) is 21.2 Å². The van der Waals surface area contributed by atoms with E-state index in [1.165, 1.54) is 6.26 Å². The minimum Gasteiger partial charge on any atom is -0.467 e. The van der Waals surface area contributed by atoms with Gasteiger partial charge in [-0.05, 0) is 36.8 Å². The SMILES string of the molecule is O=C(NCc1ccco1)c1cc(S(=O)(=O)C2CCS(=O)(=O)C2)ccc1F. The Morgan fingerprint density at radius 2 is 2.08 bits per heavy atom. The second-order valence-electron chi connectivity index (χ2n) is 5.97. The molecule has 1 fully saturated rings. The standard InChI is InChI=1S/C16H16FNO6S2/c17-15-4-3-12(26(22,23)13-5-7-25(20,21)10-13)8-14(15)16(19)18-9-11-2-1-6-24-11/h1-4,6,8,13H,5,7,9-10H2,(H,18,19). The largest absolute Gasteiger partial charge is 0.467 e. The normalized spacial score (nSPS) is 19.3. The minimum atomic E-state index is -3.99. The number of hydrogen-bond donors (Lipinski definition) is 1. The quantitative estimate of drug-likeness (QED) is 0.757. The van der Waals surface area contributed by atoms with E-state index in [-0.39, 0.29) is 23.6 Å². The maximum atomic E-state index is 14.0. The third kappa shape index (κ3) is 3.80. The van der Waals surface area contributed by atoms with Crippen LogP contribution in [0.4, 0.5) is 4.39 Å². The van der Waals surface area contributed by atoms with Gasteiger partial charge in [0.25, 0.3) is 5.91 Å². The summed E-state index contributed by atoms with van der Waals surface area (Å²) in [4.78, 5) is 11.9. The molecule has 0 bridgehead atoms. The van der Waals surface area contributed by atoms with Gasteiger partial charge in [-0.1, -0.05) is 0 Å².